The molecule has 0 aromatic carbocycles. The molecule has 2 unspecified atom stereocenters. The van der Waals surface area contributed by atoms with E-state index in [1.807, 2.05) is 36.5 Å². The zero-order valence-corrected chi connectivity index (χ0v) is 71.0. The third-order valence-electron chi connectivity index (χ3n) is 16.7. The third kappa shape index (κ3) is 81.6. The van der Waals surface area contributed by atoms with E-state index in [4.69, 9.17) is 37.0 Å². The maximum atomic E-state index is 13.1. The molecule has 0 heterocycles. The van der Waals surface area contributed by atoms with Crippen LogP contribution in [0.15, 0.2) is 207 Å². The molecule has 0 aromatic heterocycles. The number of aliphatic hydroxyl groups excluding tert-OH is 1. The van der Waals surface area contributed by atoms with Gasteiger partial charge in [-0.3, -0.25) is 37.3 Å². The van der Waals surface area contributed by atoms with E-state index < -0.39 is 97.5 Å². The van der Waals surface area contributed by atoms with Gasteiger partial charge in [-0.2, -0.15) is 0 Å². The van der Waals surface area contributed by atoms with Gasteiger partial charge in [0.1, 0.15) is 19.3 Å². The molecule has 17 nitrogen and oxygen atoms in total. The molecule has 0 fully saturated rings. The van der Waals surface area contributed by atoms with Gasteiger partial charge in [0.25, 0.3) is 0 Å². The van der Waals surface area contributed by atoms with Crippen LogP contribution in [0.5, 0.6) is 0 Å². The average Bonchev–Trinajstić information content (AvgIpc) is 0.898. The summed E-state index contributed by atoms with van der Waals surface area (Å²) < 4.78 is 68.6. The number of hydrogen-bond acceptors (Lipinski definition) is 15. The van der Waals surface area contributed by atoms with E-state index in [0.29, 0.717) is 38.5 Å². The minimum atomic E-state index is -5.02. The van der Waals surface area contributed by atoms with E-state index >= 15 is 0 Å². The van der Waals surface area contributed by atoms with Gasteiger partial charge in [-0.05, 0) is 173 Å². The minimum absolute atomic E-state index is 0.0205. The first-order valence-electron chi connectivity index (χ1n) is 42.3. The molecule has 3 N–H and O–H groups in total. The molecule has 0 bridgehead atoms. The first-order chi connectivity index (χ1) is 54.7. The lowest BCUT2D eigenvalue weighted by atomic mass is 10.1. The van der Waals surface area contributed by atoms with Crippen molar-refractivity contribution in [3.8, 4) is 0 Å². The van der Waals surface area contributed by atoms with Crippen LogP contribution in [0.4, 0.5) is 0 Å². The van der Waals surface area contributed by atoms with Crippen molar-refractivity contribution in [3.05, 3.63) is 207 Å². The number of aliphatic hydroxyl groups is 1. The molecule has 0 saturated heterocycles. The van der Waals surface area contributed by atoms with Crippen molar-refractivity contribution in [2.45, 2.75) is 316 Å². The molecular weight excluding hydrogens is 1450 g/mol. The van der Waals surface area contributed by atoms with Gasteiger partial charge in [0, 0.05) is 25.7 Å². The first kappa shape index (κ1) is 106. The fourth-order valence-corrected chi connectivity index (χ4v) is 11.9. The summed E-state index contributed by atoms with van der Waals surface area (Å²) in [5, 5.41) is 10.7. The van der Waals surface area contributed by atoms with Crippen LogP contribution < -0.4 is 0 Å². The second-order valence-electron chi connectivity index (χ2n) is 27.3. The van der Waals surface area contributed by atoms with Gasteiger partial charge in [0.05, 0.1) is 26.4 Å². The number of carbonyl (C=O) groups excluding carboxylic acids is 4. The standard InChI is InChI=1S/C93H148O17P2/c1-5-9-13-17-21-25-29-33-37-40-43-46-50-53-57-61-65-69-73-77-90(95)103-83-88(109-92(97)79-75-71-67-63-59-55-49-36-32-28-24-20-16-12-8-4)85-107-111(99,100)105-81-87(94)82-106-112(101,102)108-86-89(110-93(98)80-76-72-68-64-60-56-52-48-45-42-39-35-31-27-23-19-15-11-7-3)84-104-91(96)78-74-70-66-62-58-54-51-47-44-41-38-34-30-26-22-18-14-10-6-2/h9,11,13,15,21-23,25-28,32-35,37-39,43-48,53-54,56-58,60,65-66,69-70,87-89,94H,5-8,10,12,14,16-20,24,29-31,36,40-42,49-52,55,59,61-64,67-68,71-86H2,1-4H3,(H,99,100)(H,101,102)/b13-9-,15-11-,25-21-,26-22-,27-23-,32-28-,37-33-,38-34-,39-35-,46-43-,47-44-,48-45-,57-53-,58-54-,60-56-,69-65-,70-66-/t87-,88-,89-/m1/s1. The van der Waals surface area contributed by atoms with Gasteiger partial charge in [0.15, 0.2) is 12.2 Å². The van der Waals surface area contributed by atoms with Gasteiger partial charge >= 0.3 is 39.5 Å². The Morgan fingerprint density at radius 1 is 0.259 bits per heavy atom. The SMILES string of the molecule is CC/C=C\C/C=C\C/C=C\C/C=C\C/C=C\C/C=C\CCC(=O)OC[C@H](COP(=O)(O)OC[C@@H](O)COP(=O)(O)OC[C@@H](COC(=O)CC/C=C\C/C=C\C/C=C\C/C=C\C/C=C\CCCCC)OC(=O)CCCCC/C=C\C/C=C\C/C=C\C/C=C\C/C=C\CC)OC(=O)CCCCCCCCC/C=C\CCCCCC. The quantitative estimate of drug-likeness (QED) is 0.0169. The molecule has 0 aliphatic heterocycles. The summed E-state index contributed by atoms with van der Waals surface area (Å²) in [5.41, 5.74) is 0. The Morgan fingerprint density at radius 3 is 0.786 bits per heavy atom. The fourth-order valence-electron chi connectivity index (χ4n) is 10.4. The number of allylic oxidation sites excluding steroid dienone is 34. The Morgan fingerprint density at radius 2 is 0.482 bits per heavy atom. The predicted octanol–water partition coefficient (Wildman–Crippen LogP) is 25.4. The smallest absolute Gasteiger partial charge is 0.462 e. The Hall–Kier alpha value is -6.36. The molecule has 0 aliphatic carbocycles. The van der Waals surface area contributed by atoms with Crippen LogP contribution in [0.25, 0.3) is 0 Å². The highest BCUT2D eigenvalue weighted by Gasteiger charge is 2.30. The van der Waals surface area contributed by atoms with E-state index in [-0.39, 0.29) is 25.7 Å². The summed E-state index contributed by atoms with van der Waals surface area (Å²) >= 11 is 0. The number of esters is 4. The lowest BCUT2D eigenvalue weighted by molar-refractivity contribution is -0.161. The number of rotatable bonds is 77. The average molecular weight is 1600 g/mol. The number of phosphoric ester groups is 2. The highest BCUT2D eigenvalue weighted by molar-refractivity contribution is 7.47. The minimum Gasteiger partial charge on any atom is -0.462 e. The van der Waals surface area contributed by atoms with Crippen LogP contribution in [0.1, 0.15) is 297 Å². The Balaban J connectivity index is 5.57. The van der Waals surface area contributed by atoms with Crippen LogP contribution in [-0.2, 0) is 65.4 Å². The van der Waals surface area contributed by atoms with Gasteiger partial charge in [-0.1, -0.05) is 305 Å². The third-order valence-corrected chi connectivity index (χ3v) is 18.6. The second kappa shape index (κ2) is 82.6. The van der Waals surface area contributed by atoms with E-state index in [1.165, 1.54) is 44.9 Å². The predicted molar refractivity (Wildman–Crippen MR) is 463 cm³/mol. The Labute approximate surface area is 678 Å². The summed E-state index contributed by atoms with van der Waals surface area (Å²) in [6, 6.07) is 0. The van der Waals surface area contributed by atoms with Crippen LogP contribution in [0.3, 0.4) is 0 Å². The highest BCUT2D eigenvalue weighted by atomic mass is 31.2. The van der Waals surface area contributed by atoms with Crippen molar-refractivity contribution in [1.82, 2.24) is 0 Å². The first-order valence-corrected chi connectivity index (χ1v) is 45.3. The van der Waals surface area contributed by atoms with Crippen LogP contribution >= 0.6 is 15.6 Å². The molecule has 0 rings (SSSR count). The van der Waals surface area contributed by atoms with E-state index in [0.717, 1.165) is 161 Å². The molecular formula is C93H148O17P2. The van der Waals surface area contributed by atoms with Crippen molar-refractivity contribution >= 4 is 39.5 Å². The van der Waals surface area contributed by atoms with E-state index in [2.05, 4.69) is 198 Å². The highest BCUT2D eigenvalue weighted by Crippen LogP contribution is 2.45. The largest absolute Gasteiger partial charge is 0.472 e. The Bertz CT molecular complexity index is 2940. The molecule has 0 saturated carbocycles. The monoisotopic (exact) mass is 1600 g/mol. The van der Waals surface area contributed by atoms with Crippen molar-refractivity contribution in [2.24, 2.45) is 0 Å². The summed E-state index contributed by atoms with van der Waals surface area (Å²) in [4.78, 5) is 73.2. The number of phosphoric acid groups is 2. The summed E-state index contributed by atoms with van der Waals surface area (Å²) in [6.07, 6.45) is 104. The number of carbonyl (C=O) groups is 4. The van der Waals surface area contributed by atoms with Gasteiger partial charge in [0.2, 0.25) is 0 Å². The van der Waals surface area contributed by atoms with Gasteiger partial charge in [-0.15, -0.1) is 0 Å². The zero-order valence-electron chi connectivity index (χ0n) is 69.3. The summed E-state index contributed by atoms with van der Waals surface area (Å²) in [6.45, 7) is 4.38. The van der Waals surface area contributed by atoms with Gasteiger partial charge < -0.3 is 33.8 Å². The fraction of sp³-hybridized carbons (Fsp3) is 0.591. The topological polar surface area (TPSA) is 237 Å². The van der Waals surface area contributed by atoms with Crippen LogP contribution in [0, 0.1) is 0 Å². The molecule has 0 aromatic rings. The molecule has 0 amide bonds. The molecule has 0 aliphatic rings. The van der Waals surface area contributed by atoms with Crippen molar-refractivity contribution < 1.29 is 80.2 Å². The van der Waals surface area contributed by atoms with Crippen LogP contribution in [0.2, 0.25) is 0 Å². The van der Waals surface area contributed by atoms with Crippen LogP contribution in [-0.4, -0.2) is 96.7 Å². The molecule has 632 valence electrons. The molecule has 0 radical (unpaired) electrons. The van der Waals surface area contributed by atoms with Crippen molar-refractivity contribution in [2.75, 3.05) is 39.6 Å². The van der Waals surface area contributed by atoms with E-state index in [9.17, 15) is 43.2 Å². The maximum absolute atomic E-state index is 13.1. The molecule has 19 heteroatoms. The lowest BCUT2D eigenvalue weighted by Gasteiger charge is -2.21. The second-order valence-corrected chi connectivity index (χ2v) is 30.2. The van der Waals surface area contributed by atoms with Crippen molar-refractivity contribution in [1.29, 1.82) is 0 Å². The van der Waals surface area contributed by atoms with Gasteiger partial charge in [-0.25, -0.2) is 9.13 Å². The van der Waals surface area contributed by atoms with Crippen molar-refractivity contribution in [3.63, 3.8) is 0 Å². The lowest BCUT2D eigenvalue weighted by Crippen LogP contribution is -2.30. The molecule has 0 spiro atoms. The number of hydrogen-bond donors (Lipinski definition) is 3. The zero-order chi connectivity index (χ0) is 81.7. The normalized spacial score (nSPS) is 14.8. The Kier molecular flexibility index (Phi) is 77.9. The number of ether oxygens (including phenoxy) is 4. The number of unbranched alkanes of at least 4 members (excludes halogenated alkanes) is 17. The van der Waals surface area contributed by atoms with E-state index in [1.54, 1.807) is 0 Å². The summed E-state index contributed by atoms with van der Waals surface area (Å²) in [5.74, 6) is -2.43. The summed E-state index contributed by atoms with van der Waals surface area (Å²) in [7, 11) is -10.0. The molecule has 112 heavy (non-hydrogen) atoms. The molecule has 5 atom stereocenters. The maximum Gasteiger partial charge on any atom is 0.472 e.